The van der Waals surface area contributed by atoms with Gasteiger partial charge >= 0.3 is 12.1 Å². The van der Waals surface area contributed by atoms with Gasteiger partial charge in [-0.15, -0.1) is 0 Å². The number of amides is 3. The Kier molecular flexibility index (Phi) is 6.76. The lowest BCUT2D eigenvalue weighted by Crippen LogP contribution is -2.43. The van der Waals surface area contributed by atoms with Crippen LogP contribution in [-0.4, -0.2) is 41.9 Å². The molecule has 3 amide bonds. The molecule has 2 aromatic rings. The molecule has 0 radical (unpaired) electrons. The molecular weight excluding hydrogens is 431 g/mol. The fraction of sp³-hybridized carbons (Fsp3) is 0.238. The molecule has 0 spiro atoms. The number of rotatable bonds is 6. The molecule has 1 aliphatic heterocycles. The number of nitrogens with one attached hydrogen (secondary N) is 2. The molecule has 1 aliphatic rings. The van der Waals surface area contributed by atoms with E-state index < -0.39 is 53.6 Å². The first-order chi connectivity index (χ1) is 15.1. The van der Waals surface area contributed by atoms with E-state index in [4.69, 9.17) is 4.74 Å². The largest absolute Gasteiger partial charge is 0.455 e. The average molecular weight is 449 g/mol. The first kappa shape index (κ1) is 22.8. The second kappa shape index (κ2) is 9.50. The summed E-state index contributed by atoms with van der Waals surface area (Å²) < 4.78 is 43.8. The first-order valence-corrected chi connectivity index (χ1v) is 9.44. The summed E-state index contributed by atoms with van der Waals surface area (Å²) in [6, 6.07) is 12.5. The molecule has 0 saturated carbocycles. The predicted octanol–water partition coefficient (Wildman–Crippen LogP) is 2.38. The standard InChI is InChI=1S/C21H18F3N3O5/c22-21(23,24)15-8-4-5-9-16(15)25-17(28)12-32-20(31)14-10-18(29)27(11-14)26-19(30)13-6-2-1-3-7-13/h1-9,14H,10-12H2,(H,25,28)(H,26,30)/t14-/m1/s1. The van der Waals surface area contributed by atoms with Crippen LogP contribution in [0.25, 0.3) is 0 Å². The van der Waals surface area contributed by atoms with Gasteiger partial charge in [-0.25, -0.2) is 0 Å². The molecule has 2 N–H and O–H groups in total. The average Bonchev–Trinajstić information content (AvgIpc) is 3.12. The Bertz CT molecular complexity index is 1030. The molecular formula is C21H18F3N3O5. The summed E-state index contributed by atoms with van der Waals surface area (Å²) in [6.45, 7) is -0.985. The quantitative estimate of drug-likeness (QED) is 0.659. The van der Waals surface area contributed by atoms with Crippen LogP contribution in [0.4, 0.5) is 18.9 Å². The van der Waals surface area contributed by atoms with Gasteiger partial charge in [0.05, 0.1) is 23.7 Å². The van der Waals surface area contributed by atoms with Gasteiger partial charge in [-0.2, -0.15) is 13.2 Å². The van der Waals surface area contributed by atoms with Crippen LogP contribution >= 0.6 is 0 Å². The number of nitrogens with zero attached hydrogens (tertiary/aromatic N) is 1. The van der Waals surface area contributed by atoms with E-state index in [1.54, 1.807) is 30.3 Å². The molecule has 1 atom stereocenters. The number of para-hydroxylation sites is 1. The molecule has 0 unspecified atom stereocenters. The summed E-state index contributed by atoms with van der Waals surface area (Å²) in [4.78, 5) is 48.4. The van der Waals surface area contributed by atoms with Crippen molar-refractivity contribution in [2.45, 2.75) is 12.6 Å². The van der Waals surface area contributed by atoms with Gasteiger partial charge in [0.15, 0.2) is 6.61 Å². The number of halogens is 3. The first-order valence-electron chi connectivity index (χ1n) is 9.44. The minimum Gasteiger partial charge on any atom is -0.455 e. The molecule has 168 valence electrons. The Morgan fingerprint density at radius 3 is 2.38 bits per heavy atom. The maximum Gasteiger partial charge on any atom is 0.418 e. The van der Waals surface area contributed by atoms with E-state index >= 15 is 0 Å². The third kappa shape index (κ3) is 5.62. The number of hydrazine groups is 1. The number of hydrogen-bond acceptors (Lipinski definition) is 5. The molecule has 1 heterocycles. The molecule has 0 bridgehead atoms. The van der Waals surface area contributed by atoms with E-state index in [2.05, 4.69) is 10.7 Å². The molecule has 11 heteroatoms. The Balaban J connectivity index is 1.51. The third-order valence-corrected chi connectivity index (χ3v) is 4.58. The van der Waals surface area contributed by atoms with Crippen LogP contribution in [-0.2, 0) is 25.3 Å². The van der Waals surface area contributed by atoms with E-state index in [-0.39, 0.29) is 13.0 Å². The van der Waals surface area contributed by atoms with Gasteiger partial charge in [0.1, 0.15) is 0 Å². The molecule has 0 aliphatic carbocycles. The number of alkyl halides is 3. The number of hydrogen-bond donors (Lipinski definition) is 2. The van der Waals surface area contributed by atoms with E-state index in [0.717, 1.165) is 17.1 Å². The summed E-state index contributed by atoms with van der Waals surface area (Å²) in [5, 5.41) is 3.04. The second-order valence-corrected chi connectivity index (χ2v) is 6.91. The van der Waals surface area contributed by atoms with Crippen molar-refractivity contribution in [1.29, 1.82) is 0 Å². The maximum atomic E-state index is 13.0. The van der Waals surface area contributed by atoms with E-state index in [1.807, 2.05) is 0 Å². The lowest BCUT2D eigenvalue weighted by atomic mass is 10.1. The Morgan fingerprint density at radius 2 is 1.69 bits per heavy atom. The summed E-state index contributed by atoms with van der Waals surface area (Å²) in [7, 11) is 0. The van der Waals surface area contributed by atoms with Gasteiger partial charge < -0.3 is 10.1 Å². The number of benzene rings is 2. The SMILES string of the molecule is O=C(COC(=O)[C@@H]1CC(=O)N(NC(=O)c2ccccc2)C1)Nc1ccccc1C(F)(F)F. The lowest BCUT2D eigenvalue weighted by Gasteiger charge is -2.17. The summed E-state index contributed by atoms with van der Waals surface area (Å²) in [5.41, 5.74) is 1.22. The van der Waals surface area contributed by atoms with Crippen LogP contribution < -0.4 is 10.7 Å². The number of ether oxygens (including phenoxy) is 1. The van der Waals surface area contributed by atoms with Crippen molar-refractivity contribution in [3.8, 4) is 0 Å². The predicted molar refractivity (Wildman–Crippen MR) is 105 cm³/mol. The molecule has 3 rings (SSSR count). The van der Waals surface area contributed by atoms with Crippen LogP contribution in [0.2, 0.25) is 0 Å². The molecule has 0 aromatic heterocycles. The van der Waals surface area contributed by atoms with Gasteiger partial charge in [-0.3, -0.25) is 29.6 Å². The van der Waals surface area contributed by atoms with Crippen LogP contribution in [0.3, 0.4) is 0 Å². The van der Waals surface area contributed by atoms with E-state index in [1.165, 1.54) is 12.1 Å². The zero-order valence-electron chi connectivity index (χ0n) is 16.5. The number of esters is 1. The number of carbonyl (C=O) groups is 4. The monoisotopic (exact) mass is 449 g/mol. The fourth-order valence-corrected chi connectivity index (χ4v) is 3.03. The van der Waals surface area contributed by atoms with Crippen molar-refractivity contribution in [1.82, 2.24) is 10.4 Å². The fourth-order valence-electron chi connectivity index (χ4n) is 3.03. The molecule has 8 nitrogen and oxygen atoms in total. The lowest BCUT2D eigenvalue weighted by molar-refractivity contribution is -0.151. The normalized spacial score (nSPS) is 15.9. The van der Waals surface area contributed by atoms with Crippen LogP contribution in [0.1, 0.15) is 22.3 Å². The minimum atomic E-state index is -4.67. The van der Waals surface area contributed by atoms with Gasteiger partial charge in [0, 0.05) is 12.0 Å². The Morgan fingerprint density at radius 1 is 1.03 bits per heavy atom. The van der Waals surface area contributed by atoms with Crippen molar-refractivity contribution >= 4 is 29.4 Å². The summed E-state index contributed by atoms with van der Waals surface area (Å²) in [6.07, 6.45) is -4.91. The highest BCUT2D eigenvalue weighted by Crippen LogP contribution is 2.34. The molecule has 1 saturated heterocycles. The third-order valence-electron chi connectivity index (χ3n) is 4.58. The van der Waals surface area contributed by atoms with Gasteiger partial charge in [-0.05, 0) is 24.3 Å². The second-order valence-electron chi connectivity index (χ2n) is 6.91. The highest BCUT2D eigenvalue weighted by Gasteiger charge is 2.37. The zero-order chi connectivity index (χ0) is 23.3. The van der Waals surface area contributed by atoms with Crippen molar-refractivity contribution in [3.63, 3.8) is 0 Å². The van der Waals surface area contributed by atoms with Gasteiger partial charge in [0.2, 0.25) is 5.91 Å². The van der Waals surface area contributed by atoms with Gasteiger partial charge in [-0.1, -0.05) is 30.3 Å². The van der Waals surface area contributed by atoms with Crippen molar-refractivity contribution in [2.24, 2.45) is 5.92 Å². The highest BCUT2D eigenvalue weighted by molar-refractivity contribution is 5.97. The molecule has 1 fully saturated rings. The van der Waals surface area contributed by atoms with Crippen molar-refractivity contribution in [2.75, 3.05) is 18.5 Å². The molecule has 2 aromatic carbocycles. The number of anilines is 1. The highest BCUT2D eigenvalue weighted by atomic mass is 19.4. The van der Waals surface area contributed by atoms with Crippen LogP contribution in [0.5, 0.6) is 0 Å². The Hall–Kier alpha value is -3.89. The zero-order valence-corrected chi connectivity index (χ0v) is 16.5. The van der Waals surface area contributed by atoms with Crippen LogP contribution in [0.15, 0.2) is 54.6 Å². The smallest absolute Gasteiger partial charge is 0.418 e. The van der Waals surface area contributed by atoms with Crippen LogP contribution in [0, 0.1) is 5.92 Å². The Labute approximate surface area is 180 Å². The summed E-state index contributed by atoms with van der Waals surface area (Å²) in [5.74, 6) is -3.83. The topological polar surface area (TPSA) is 105 Å². The molecule has 32 heavy (non-hydrogen) atoms. The minimum absolute atomic E-state index is 0.158. The number of carbonyl (C=O) groups excluding carboxylic acids is 4. The maximum absolute atomic E-state index is 13.0. The summed E-state index contributed by atoms with van der Waals surface area (Å²) >= 11 is 0. The van der Waals surface area contributed by atoms with Crippen molar-refractivity contribution in [3.05, 3.63) is 65.7 Å². The van der Waals surface area contributed by atoms with Gasteiger partial charge in [0.25, 0.3) is 11.8 Å². The van der Waals surface area contributed by atoms with E-state index in [9.17, 15) is 32.3 Å². The van der Waals surface area contributed by atoms with Crippen molar-refractivity contribution < 1.29 is 37.1 Å². The van der Waals surface area contributed by atoms with E-state index in [0.29, 0.717) is 5.56 Å².